The minimum absolute atomic E-state index is 0.214. The predicted molar refractivity (Wildman–Crippen MR) is 30.0 cm³/mol. The van der Waals surface area contributed by atoms with Gasteiger partial charge in [-0.05, 0) is 26.3 Å². The number of nitrogens with zero attached hydrogens (tertiary/aromatic N) is 1. The van der Waals surface area contributed by atoms with Gasteiger partial charge in [-0.15, -0.1) is 0 Å². The molecular formula is C4H10BNO. The van der Waals surface area contributed by atoms with E-state index in [2.05, 4.69) is 0 Å². The Morgan fingerprint density at radius 3 is 2.14 bits per heavy atom. The predicted octanol–water partition coefficient (Wildman–Crippen LogP) is -0.198. The van der Waals surface area contributed by atoms with Crippen LogP contribution < -0.4 is 0 Å². The molecule has 0 atom stereocenters. The molecule has 0 bridgehead atoms. The van der Waals surface area contributed by atoms with Crippen LogP contribution in [0.5, 0.6) is 0 Å². The summed E-state index contributed by atoms with van der Waals surface area (Å²) >= 11 is 0. The molecule has 0 unspecified atom stereocenters. The molecule has 1 N–H and O–H groups in total. The van der Waals surface area contributed by atoms with Crippen LogP contribution in [-0.4, -0.2) is 30.0 Å². The summed E-state index contributed by atoms with van der Waals surface area (Å²) in [6.45, 7) is 3.97. The van der Waals surface area contributed by atoms with Gasteiger partial charge in [-0.25, -0.2) is 0 Å². The lowest BCUT2D eigenvalue weighted by atomic mass is 9.82. The first-order chi connectivity index (χ1) is 3.30. The van der Waals surface area contributed by atoms with Gasteiger partial charge in [0.1, 0.15) is 0 Å². The highest BCUT2D eigenvalue weighted by Crippen LogP contribution is 2.05. The van der Waals surface area contributed by atoms with Crippen LogP contribution in [0.1, 0.15) is 6.42 Å². The van der Waals surface area contributed by atoms with E-state index in [1.165, 1.54) is 6.42 Å². The highest BCUT2D eigenvalue weighted by atomic mass is 16.2. The second-order valence-electron chi connectivity index (χ2n) is 2.02. The van der Waals surface area contributed by atoms with E-state index in [-0.39, 0.29) is 7.05 Å². The van der Waals surface area contributed by atoms with E-state index in [0.29, 0.717) is 0 Å². The molecule has 0 aromatic heterocycles. The van der Waals surface area contributed by atoms with Gasteiger partial charge in [0.15, 0.2) is 0 Å². The Labute approximate surface area is 44.3 Å². The smallest absolute Gasteiger partial charge is 0.376 e. The molecular weight excluding hydrogens is 88.9 g/mol. The third kappa shape index (κ3) is 0.953. The summed E-state index contributed by atoms with van der Waals surface area (Å²) in [5.41, 5.74) is 0. The Balaban J connectivity index is 2.14. The average molecular weight is 98.9 g/mol. The molecule has 0 radical (unpaired) electrons. The minimum atomic E-state index is -0.214. The SMILES string of the molecule is CB(O)N1CCC1. The Morgan fingerprint density at radius 2 is 2.14 bits per heavy atom. The molecule has 0 aromatic carbocycles. The van der Waals surface area contributed by atoms with Gasteiger partial charge < -0.3 is 9.83 Å². The largest absolute Gasteiger partial charge is 0.437 e. The molecule has 7 heavy (non-hydrogen) atoms. The zero-order chi connectivity index (χ0) is 5.28. The standard InChI is InChI=1S/C4H10BNO/c1-5(7)6-3-2-4-6/h7H,2-4H2,1H3. The second kappa shape index (κ2) is 1.84. The van der Waals surface area contributed by atoms with Crippen LogP contribution in [0.3, 0.4) is 0 Å². The molecule has 0 aliphatic carbocycles. The third-order valence-corrected chi connectivity index (χ3v) is 1.42. The maximum absolute atomic E-state index is 8.80. The molecule has 2 nitrogen and oxygen atoms in total. The second-order valence-corrected chi connectivity index (χ2v) is 2.02. The van der Waals surface area contributed by atoms with Gasteiger partial charge in [0.2, 0.25) is 0 Å². The fraction of sp³-hybridized carbons (Fsp3) is 1.00. The fourth-order valence-corrected chi connectivity index (χ4v) is 0.714. The lowest BCUT2D eigenvalue weighted by Gasteiger charge is -2.31. The van der Waals surface area contributed by atoms with Gasteiger partial charge in [0.25, 0.3) is 0 Å². The van der Waals surface area contributed by atoms with E-state index >= 15 is 0 Å². The molecule has 40 valence electrons. The van der Waals surface area contributed by atoms with Crippen LogP contribution >= 0.6 is 0 Å². The monoisotopic (exact) mass is 99.1 g/mol. The Kier molecular flexibility index (Phi) is 1.35. The van der Waals surface area contributed by atoms with Crippen molar-refractivity contribution < 1.29 is 5.02 Å². The van der Waals surface area contributed by atoms with E-state index < -0.39 is 0 Å². The first-order valence-electron chi connectivity index (χ1n) is 2.73. The van der Waals surface area contributed by atoms with E-state index in [9.17, 15) is 0 Å². The molecule has 0 amide bonds. The van der Waals surface area contributed by atoms with Crippen molar-refractivity contribution in [2.45, 2.75) is 13.2 Å². The summed E-state index contributed by atoms with van der Waals surface area (Å²) in [4.78, 5) is 2.03. The van der Waals surface area contributed by atoms with Crippen molar-refractivity contribution in [3.63, 3.8) is 0 Å². The molecule has 3 heteroatoms. The fourth-order valence-electron chi connectivity index (χ4n) is 0.714. The zero-order valence-corrected chi connectivity index (χ0v) is 4.59. The Hall–Kier alpha value is -0.0151. The van der Waals surface area contributed by atoms with Crippen LogP contribution in [-0.2, 0) is 0 Å². The van der Waals surface area contributed by atoms with Crippen LogP contribution in [0.4, 0.5) is 0 Å². The molecule has 0 saturated carbocycles. The molecule has 1 saturated heterocycles. The highest BCUT2D eigenvalue weighted by molar-refractivity contribution is 6.45. The van der Waals surface area contributed by atoms with E-state index in [0.717, 1.165) is 13.1 Å². The molecule has 0 spiro atoms. The molecule has 1 aliphatic rings. The number of rotatable bonds is 1. The van der Waals surface area contributed by atoms with Crippen molar-refractivity contribution in [1.82, 2.24) is 4.81 Å². The van der Waals surface area contributed by atoms with Crippen LogP contribution in [0.25, 0.3) is 0 Å². The van der Waals surface area contributed by atoms with Gasteiger partial charge in [-0.3, -0.25) is 0 Å². The van der Waals surface area contributed by atoms with E-state index in [4.69, 9.17) is 5.02 Å². The molecule has 1 fully saturated rings. The summed E-state index contributed by atoms with van der Waals surface area (Å²) in [6.07, 6.45) is 1.25. The van der Waals surface area contributed by atoms with Crippen LogP contribution in [0.15, 0.2) is 0 Å². The first kappa shape index (κ1) is 5.13. The van der Waals surface area contributed by atoms with Gasteiger partial charge in [-0.2, -0.15) is 0 Å². The third-order valence-electron chi connectivity index (χ3n) is 1.42. The molecule has 1 heterocycles. The van der Waals surface area contributed by atoms with Crippen molar-refractivity contribution in [2.75, 3.05) is 13.1 Å². The molecule has 1 aliphatic heterocycles. The Morgan fingerprint density at radius 1 is 1.57 bits per heavy atom. The van der Waals surface area contributed by atoms with Gasteiger partial charge >= 0.3 is 7.05 Å². The summed E-state index contributed by atoms with van der Waals surface area (Å²) < 4.78 is 0. The van der Waals surface area contributed by atoms with E-state index in [1.54, 1.807) is 6.82 Å². The topological polar surface area (TPSA) is 23.5 Å². The average Bonchev–Trinajstić information content (AvgIpc) is 1.23. The van der Waals surface area contributed by atoms with Crippen molar-refractivity contribution in [3.8, 4) is 0 Å². The van der Waals surface area contributed by atoms with Crippen molar-refractivity contribution in [2.24, 2.45) is 0 Å². The maximum atomic E-state index is 8.80. The molecule has 1 rings (SSSR count). The summed E-state index contributed by atoms with van der Waals surface area (Å²) in [6, 6.07) is 0. The van der Waals surface area contributed by atoms with E-state index in [1.807, 2.05) is 4.81 Å². The number of hydrogen-bond acceptors (Lipinski definition) is 2. The van der Waals surface area contributed by atoms with Gasteiger partial charge in [0.05, 0.1) is 0 Å². The minimum Gasteiger partial charge on any atom is -0.437 e. The first-order valence-corrected chi connectivity index (χ1v) is 2.73. The van der Waals surface area contributed by atoms with Crippen molar-refractivity contribution in [1.29, 1.82) is 0 Å². The summed E-state index contributed by atoms with van der Waals surface area (Å²) in [5, 5.41) is 8.80. The normalized spacial score (nSPS) is 21.4. The Bertz CT molecular complexity index is 62.7. The molecule has 0 aromatic rings. The highest BCUT2D eigenvalue weighted by Gasteiger charge is 2.21. The maximum Gasteiger partial charge on any atom is 0.376 e. The van der Waals surface area contributed by atoms with Gasteiger partial charge in [-0.1, -0.05) is 0 Å². The number of hydrogen-bond donors (Lipinski definition) is 1. The summed E-state index contributed by atoms with van der Waals surface area (Å²) in [5.74, 6) is 0. The summed E-state index contributed by atoms with van der Waals surface area (Å²) in [7, 11) is -0.214. The van der Waals surface area contributed by atoms with Crippen molar-refractivity contribution >= 4 is 7.05 Å². The van der Waals surface area contributed by atoms with Crippen LogP contribution in [0, 0.1) is 0 Å². The van der Waals surface area contributed by atoms with Crippen molar-refractivity contribution in [3.05, 3.63) is 0 Å². The lowest BCUT2D eigenvalue weighted by Crippen LogP contribution is -2.46. The zero-order valence-electron chi connectivity index (χ0n) is 4.59. The van der Waals surface area contributed by atoms with Gasteiger partial charge in [0, 0.05) is 0 Å². The lowest BCUT2D eigenvalue weighted by molar-refractivity contribution is 0.272. The van der Waals surface area contributed by atoms with Crippen LogP contribution in [0.2, 0.25) is 6.82 Å². The quantitative estimate of drug-likeness (QED) is 0.460.